The Morgan fingerprint density at radius 2 is 1.29 bits per heavy atom. The van der Waals surface area contributed by atoms with E-state index >= 15 is 0 Å². The quantitative estimate of drug-likeness (QED) is 0.374. The zero-order chi connectivity index (χ0) is 24.3. The summed E-state index contributed by atoms with van der Waals surface area (Å²) >= 11 is 0. The molecule has 0 amide bonds. The van der Waals surface area contributed by atoms with E-state index in [9.17, 15) is 4.79 Å². The molecule has 0 aromatic heterocycles. The summed E-state index contributed by atoms with van der Waals surface area (Å²) in [4.78, 5) is 12.4. The number of carbonyl (C=O) groups is 1. The smallest absolute Gasteiger partial charge is 0.335 e. The van der Waals surface area contributed by atoms with Crippen molar-refractivity contribution in [3.8, 4) is 0 Å². The van der Waals surface area contributed by atoms with Crippen molar-refractivity contribution in [3.63, 3.8) is 0 Å². The molecule has 1 aliphatic heterocycles. The fourth-order valence-electron chi connectivity index (χ4n) is 4.13. The monoisotopic (exact) mass is 476 g/mol. The topological polar surface area (TPSA) is 63.2 Å². The zero-order valence-corrected chi connectivity index (χ0v) is 20.0. The summed E-state index contributed by atoms with van der Waals surface area (Å²) in [7, 11) is 1.37. The lowest BCUT2D eigenvalue weighted by molar-refractivity contribution is -0.226. The maximum Gasteiger partial charge on any atom is 0.335 e. The summed E-state index contributed by atoms with van der Waals surface area (Å²) in [6.45, 7) is 1.50. The van der Waals surface area contributed by atoms with Crippen molar-refractivity contribution < 1.29 is 28.5 Å². The van der Waals surface area contributed by atoms with Crippen LogP contribution in [0.4, 0.5) is 0 Å². The van der Waals surface area contributed by atoms with E-state index in [0.717, 1.165) is 16.7 Å². The number of carbonyl (C=O) groups excluding carboxylic acids is 1. The molecule has 0 saturated carbocycles. The van der Waals surface area contributed by atoms with Crippen molar-refractivity contribution in [2.24, 2.45) is 0 Å². The predicted molar refractivity (Wildman–Crippen MR) is 131 cm³/mol. The van der Waals surface area contributed by atoms with Crippen LogP contribution in [0.15, 0.2) is 91.0 Å². The molecule has 4 rings (SSSR count). The van der Waals surface area contributed by atoms with Crippen LogP contribution in [-0.4, -0.2) is 44.1 Å². The van der Waals surface area contributed by atoms with Gasteiger partial charge in [0, 0.05) is 6.42 Å². The first kappa shape index (κ1) is 25.1. The third-order valence-corrected chi connectivity index (χ3v) is 5.97. The van der Waals surface area contributed by atoms with Gasteiger partial charge in [0.25, 0.3) is 0 Å². The van der Waals surface area contributed by atoms with Crippen LogP contribution in [0.3, 0.4) is 0 Å². The average Bonchev–Trinajstić information content (AvgIpc) is 2.92. The largest absolute Gasteiger partial charge is 0.467 e. The molecular weight excluding hydrogens is 444 g/mol. The van der Waals surface area contributed by atoms with E-state index in [1.165, 1.54) is 7.11 Å². The Morgan fingerprint density at radius 3 is 1.83 bits per heavy atom. The van der Waals surface area contributed by atoms with Gasteiger partial charge in [0.2, 0.25) is 0 Å². The Kier molecular flexibility index (Phi) is 9.43. The standard InChI is InChI=1S/C29H32O6/c1-31-29(30)26-17-25(33-19-23-13-7-3-8-14-23)28(34-20-24-15-9-4-10-16-24)27(35-26)21-32-18-22-11-5-2-6-12-22/h2-16,25-28H,17-21H2,1H3/t25-,26-,27+,28+/m0/s1. The first-order valence-electron chi connectivity index (χ1n) is 11.9. The molecule has 0 bridgehead atoms. The summed E-state index contributed by atoms with van der Waals surface area (Å²) in [6, 6.07) is 29.8. The Bertz CT molecular complexity index is 1010. The molecule has 0 radical (unpaired) electrons. The van der Waals surface area contributed by atoms with E-state index in [-0.39, 0.29) is 12.7 Å². The van der Waals surface area contributed by atoms with E-state index in [1.54, 1.807) is 0 Å². The molecule has 35 heavy (non-hydrogen) atoms. The van der Waals surface area contributed by atoms with Gasteiger partial charge in [-0.05, 0) is 16.7 Å². The van der Waals surface area contributed by atoms with E-state index in [4.69, 9.17) is 23.7 Å². The predicted octanol–water partition coefficient (Wildman–Crippen LogP) is 4.70. The number of hydrogen-bond donors (Lipinski definition) is 0. The van der Waals surface area contributed by atoms with Crippen LogP contribution < -0.4 is 0 Å². The highest BCUT2D eigenvalue weighted by atomic mass is 16.6. The first-order chi connectivity index (χ1) is 17.2. The minimum atomic E-state index is -0.748. The first-order valence-corrected chi connectivity index (χ1v) is 11.9. The molecule has 184 valence electrons. The lowest BCUT2D eigenvalue weighted by Crippen LogP contribution is -2.54. The Labute approximate surface area is 206 Å². The van der Waals surface area contributed by atoms with Crippen molar-refractivity contribution >= 4 is 5.97 Å². The summed E-state index contributed by atoms with van der Waals surface area (Å²) in [5, 5.41) is 0. The van der Waals surface area contributed by atoms with Gasteiger partial charge in [-0.1, -0.05) is 91.0 Å². The van der Waals surface area contributed by atoms with Crippen LogP contribution in [0.5, 0.6) is 0 Å². The van der Waals surface area contributed by atoms with Crippen molar-refractivity contribution in [2.45, 2.75) is 50.7 Å². The van der Waals surface area contributed by atoms with Crippen LogP contribution in [0, 0.1) is 0 Å². The van der Waals surface area contributed by atoms with Gasteiger partial charge >= 0.3 is 5.97 Å². The number of esters is 1. The normalized spacial score (nSPS) is 22.0. The number of methoxy groups -OCH3 is 1. The molecule has 1 heterocycles. The lowest BCUT2D eigenvalue weighted by Gasteiger charge is -2.40. The number of hydrogen-bond acceptors (Lipinski definition) is 6. The summed E-state index contributed by atoms with van der Waals surface area (Å²) in [6.07, 6.45) is -1.70. The molecule has 4 atom stereocenters. The second-order valence-electron chi connectivity index (χ2n) is 8.52. The lowest BCUT2D eigenvalue weighted by atomic mass is 9.97. The zero-order valence-electron chi connectivity index (χ0n) is 20.0. The highest BCUT2D eigenvalue weighted by Crippen LogP contribution is 2.28. The van der Waals surface area contributed by atoms with E-state index in [1.807, 2.05) is 91.0 Å². The van der Waals surface area contributed by atoms with Gasteiger partial charge in [0.05, 0.1) is 39.6 Å². The van der Waals surface area contributed by atoms with E-state index in [2.05, 4.69) is 0 Å². The SMILES string of the molecule is COC(=O)[C@@H]1C[C@H](OCc2ccccc2)[C@@H](OCc2ccccc2)[C@@H](COCc2ccccc2)O1. The van der Waals surface area contributed by atoms with Crippen LogP contribution in [0.25, 0.3) is 0 Å². The minimum Gasteiger partial charge on any atom is -0.467 e. The second-order valence-corrected chi connectivity index (χ2v) is 8.52. The van der Waals surface area contributed by atoms with Crippen LogP contribution in [-0.2, 0) is 48.3 Å². The highest BCUT2D eigenvalue weighted by molar-refractivity contribution is 5.74. The van der Waals surface area contributed by atoms with Crippen LogP contribution in [0.1, 0.15) is 23.1 Å². The Balaban J connectivity index is 1.49. The fraction of sp³-hybridized carbons (Fsp3) is 0.345. The van der Waals surface area contributed by atoms with Gasteiger partial charge < -0.3 is 23.7 Å². The molecule has 0 N–H and O–H groups in total. The molecule has 1 fully saturated rings. The third-order valence-electron chi connectivity index (χ3n) is 5.97. The van der Waals surface area contributed by atoms with Gasteiger partial charge in [-0.15, -0.1) is 0 Å². The molecule has 6 nitrogen and oxygen atoms in total. The minimum absolute atomic E-state index is 0.257. The van der Waals surface area contributed by atoms with Crippen LogP contribution >= 0.6 is 0 Å². The van der Waals surface area contributed by atoms with Gasteiger partial charge in [-0.25, -0.2) is 4.79 Å². The molecular formula is C29H32O6. The summed E-state index contributed by atoms with van der Waals surface area (Å²) < 4.78 is 29.8. The average molecular weight is 477 g/mol. The maximum atomic E-state index is 12.4. The Hall–Kier alpha value is -3.03. The number of benzene rings is 3. The molecule has 3 aromatic carbocycles. The van der Waals surface area contributed by atoms with Gasteiger partial charge in [-0.3, -0.25) is 0 Å². The summed E-state index contributed by atoms with van der Waals surface area (Å²) in [5.74, 6) is -0.423. The third kappa shape index (κ3) is 7.47. The Morgan fingerprint density at radius 1 is 0.771 bits per heavy atom. The fourth-order valence-corrected chi connectivity index (χ4v) is 4.13. The van der Waals surface area contributed by atoms with Crippen LogP contribution in [0.2, 0.25) is 0 Å². The van der Waals surface area contributed by atoms with Gasteiger partial charge in [0.1, 0.15) is 12.2 Å². The maximum absolute atomic E-state index is 12.4. The molecule has 3 aromatic rings. The number of rotatable bonds is 11. The molecule has 6 heteroatoms. The van der Waals surface area contributed by atoms with Crippen molar-refractivity contribution in [1.82, 2.24) is 0 Å². The molecule has 1 aliphatic rings. The molecule has 1 saturated heterocycles. The molecule has 0 spiro atoms. The van der Waals surface area contributed by atoms with E-state index in [0.29, 0.717) is 26.2 Å². The van der Waals surface area contributed by atoms with E-state index < -0.39 is 24.3 Å². The molecule has 0 unspecified atom stereocenters. The van der Waals surface area contributed by atoms with Crippen molar-refractivity contribution in [2.75, 3.05) is 13.7 Å². The van der Waals surface area contributed by atoms with Gasteiger partial charge in [-0.2, -0.15) is 0 Å². The summed E-state index contributed by atoms with van der Waals surface area (Å²) in [5.41, 5.74) is 3.16. The number of ether oxygens (including phenoxy) is 5. The van der Waals surface area contributed by atoms with Gasteiger partial charge in [0.15, 0.2) is 6.10 Å². The van der Waals surface area contributed by atoms with Crippen molar-refractivity contribution in [3.05, 3.63) is 108 Å². The highest BCUT2D eigenvalue weighted by Gasteiger charge is 2.43. The van der Waals surface area contributed by atoms with Crippen molar-refractivity contribution in [1.29, 1.82) is 0 Å². The second kappa shape index (κ2) is 13.2. The molecule has 0 aliphatic carbocycles.